The van der Waals surface area contributed by atoms with Crippen molar-refractivity contribution in [3.63, 3.8) is 0 Å². The van der Waals surface area contributed by atoms with Crippen molar-refractivity contribution >= 4 is 39.3 Å². The van der Waals surface area contributed by atoms with Crippen molar-refractivity contribution in [2.45, 2.75) is 12.8 Å². The second-order valence-electron chi connectivity index (χ2n) is 7.12. The first-order valence-corrected chi connectivity index (χ1v) is 10.2. The van der Waals surface area contributed by atoms with Crippen LogP contribution >= 0.6 is 15.9 Å². The minimum Gasteiger partial charge on any atom is -0.482 e. The fourth-order valence-electron chi connectivity index (χ4n) is 4.04. The molecule has 31 heavy (non-hydrogen) atoms. The van der Waals surface area contributed by atoms with Crippen LogP contribution in [0.25, 0.3) is 5.70 Å². The van der Waals surface area contributed by atoms with Gasteiger partial charge in [0.2, 0.25) is 0 Å². The van der Waals surface area contributed by atoms with Gasteiger partial charge < -0.3 is 19.9 Å². The number of methoxy groups -OCH3 is 1. The van der Waals surface area contributed by atoms with E-state index in [1.807, 2.05) is 12.1 Å². The Morgan fingerprint density at radius 3 is 2.55 bits per heavy atom. The van der Waals surface area contributed by atoms with Crippen molar-refractivity contribution in [2.75, 3.05) is 13.7 Å². The standard InChI is InChI=1S/C23H18BrNO6/c1-11-18(23(29)30-2)19(15-9-12(24)7-8-16(15)31-10-17(26)27)20-21(25-11)13-5-3-4-6-14(13)22(20)28/h3-9,19,25H,10H2,1-2H3,(H,26,27). The number of hydrogen-bond acceptors (Lipinski definition) is 6. The molecule has 7 nitrogen and oxygen atoms in total. The van der Waals surface area contributed by atoms with Crippen LogP contribution in [-0.2, 0) is 14.3 Å². The fraction of sp³-hybridized carbons (Fsp3) is 0.174. The predicted molar refractivity (Wildman–Crippen MR) is 116 cm³/mol. The molecule has 2 aromatic rings. The number of carbonyl (C=O) groups excluding carboxylic acids is 2. The molecule has 1 unspecified atom stereocenters. The minimum atomic E-state index is -1.14. The van der Waals surface area contributed by atoms with Crippen molar-refractivity contribution < 1.29 is 29.0 Å². The third kappa shape index (κ3) is 3.53. The van der Waals surface area contributed by atoms with E-state index in [1.54, 1.807) is 37.3 Å². The number of esters is 1. The zero-order chi connectivity index (χ0) is 22.3. The van der Waals surface area contributed by atoms with Gasteiger partial charge in [-0.25, -0.2) is 9.59 Å². The summed E-state index contributed by atoms with van der Waals surface area (Å²) in [5.74, 6) is -2.47. The van der Waals surface area contributed by atoms with Gasteiger partial charge in [-0.1, -0.05) is 40.2 Å². The molecule has 1 aliphatic carbocycles. The second kappa shape index (κ2) is 8.03. The quantitative estimate of drug-likeness (QED) is 0.625. The number of fused-ring (bicyclic) bond motifs is 2. The molecule has 4 rings (SSSR count). The predicted octanol–water partition coefficient (Wildman–Crippen LogP) is 3.65. The molecule has 0 radical (unpaired) electrons. The maximum Gasteiger partial charge on any atom is 0.341 e. The smallest absolute Gasteiger partial charge is 0.341 e. The van der Waals surface area contributed by atoms with Crippen molar-refractivity contribution in [3.05, 3.63) is 80.5 Å². The molecule has 1 atom stereocenters. The van der Waals surface area contributed by atoms with Gasteiger partial charge in [-0.05, 0) is 25.1 Å². The number of ether oxygens (including phenoxy) is 2. The first-order chi connectivity index (χ1) is 14.8. The number of rotatable bonds is 5. The Morgan fingerprint density at radius 2 is 1.87 bits per heavy atom. The molecule has 8 heteroatoms. The number of aliphatic carboxylic acids is 1. The van der Waals surface area contributed by atoms with E-state index in [1.165, 1.54) is 7.11 Å². The van der Waals surface area contributed by atoms with Gasteiger partial charge in [0.25, 0.3) is 0 Å². The molecule has 158 valence electrons. The van der Waals surface area contributed by atoms with Crippen LogP contribution < -0.4 is 10.1 Å². The first-order valence-electron chi connectivity index (χ1n) is 9.42. The number of carbonyl (C=O) groups is 3. The lowest BCUT2D eigenvalue weighted by atomic mass is 9.79. The molecule has 1 aliphatic heterocycles. The number of allylic oxidation sites excluding steroid dienone is 2. The van der Waals surface area contributed by atoms with Crippen LogP contribution in [0.3, 0.4) is 0 Å². The summed E-state index contributed by atoms with van der Waals surface area (Å²) in [5.41, 5.74) is 3.60. The lowest BCUT2D eigenvalue weighted by molar-refractivity contribution is -0.139. The highest BCUT2D eigenvalue weighted by molar-refractivity contribution is 9.10. The third-order valence-corrected chi connectivity index (χ3v) is 5.78. The Hall–Kier alpha value is -3.39. The maximum atomic E-state index is 13.4. The van der Waals surface area contributed by atoms with Gasteiger partial charge >= 0.3 is 11.9 Å². The molecular weight excluding hydrogens is 466 g/mol. The number of benzene rings is 2. The lowest BCUT2D eigenvalue weighted by Gasteiger charge is -2.30. The molecule has 0 aromatic heterocycles. The first kappa shape index (κ1) is 20.9. The average Bonchev–Trinajstić information content (AvgIpc) is 3.03. The van der Waals surface area contributed by atoms with Crippen LogP contribution in [0.15, 0.2) is 63.8 Å². The number of hydrogen-bond donors (Lipinski definition) is 2. The van der Waals surface area contributed by atoms with Gasteiger partial charge in [-0.15, -0.1) is 0 Å². The van der Waals surface area contributed by atoms with Crippen LogP contribution in [0.1, 0.15) is 34.3 Å². The van der Waals surface area contributed by atoms with E-state index in [0.29, 0.717) is 32.6 Å². The summed E-state index contributed by atoms with van der Waals surface area (Å²) in [6, 6.07) is 12.3. The van der Waals surface area contributed by atoms with Gasteiger partial charge in [-0.2, -0.15) is 0 Å². The number of carboxylic acids is 1. The number of halogens is 1. The second-order valence-corrected chi connectivity index (χ2v) is 8.03. The normalized spacial score (nSPS) is 17.1. The molecule has 2 aromatic carbocycles. The topological polar surface area (TPSA) is 102 Å². The maximum absolute atomic E-state index is 13.4. The Bertz CT molecular complexity index is 1200. The van der Waals surface area contributed by atoms with Gasteiger partial charge in [0.15, 0.2) is 12.4 Å². The van der Waals surface area contributed by atoms with Crippen molar-refractivity contribution in [1.29, 1.82) is 0 Å². The van der Waals surface area contributed by atoms with E-state index >= 15 is 0 Å². The number of dihydropyridines is 1. The summed E-state index contributed by atoms with van der Waals surface area (Å²) in [4.78, 5) is 37.3. The summed E-state index contributed by atoms with van der Waals surface area (Å²) >= 11 is 3.43. The summed E-state index contributed by atoms with van der Waals surface area (Å²) in [6.07, 6.45) is 0. The van der Waals surface area contributed by atoms with Crippen LogP contribution in [0, 0.1) is 0 Å². The molecule has 2 aliphatic rings. The molecule has 2 N–H and O–H groups in total. The highest BCUT2D eigenvalue weighted by atomic mass is 79.9. The molecule has 1 heterocycles. The van der Waals surface area contributed by atoms with E-state index in [2.05, 4.69) is 21.2 Å². The summed E-state index contributed by atoms with van der Waals surface area (Å²) < 4.78 is 11.2. The minimum absolute atomic E-state index is 0.207. The van der Waals surface area contributed by atoms with Crippen LogP contribution in [0.5, 0.6) is 5.75 Å². The molecule has 0 bridgehead atoms. The van der Waals surface area contributed by atoms with E-state index in [0.717, 1.165) is 5.56 Å². The zero-order valence-electron chi connectivity index (χ0n) is 16.7. The van der Waals surface area contributed by atoms with Gasteiger partial charge in [0.05, 0.1) is 24.3 Å². The molecule has 0 fully saturated rings. The van der Waals surface area contributed by atoms with Crippen LogP contribution in [0.4, 0.5) is 0 Å². The van der Waals surface area contributed by atoms with E-state index in [4.69, 9.17) is 14.6 Å². The number of Topliss-reactive ketones (excluding diaryl/α,β-unsaturated/α-hetero) is 1. The summed E-state index contributed by atoms with van der Waals surface area (Å²) in [6.45, 7) is 1.18. The van der Waals surface area contributed by atoms with Gasteiger partial charge in [0.1, 0.15) is 5.75 Å². The van der Waals surface area contributed by atoms with Crippen molar-refractivity contribution in [3.8, 4) is 5.75 Å². The molecular formula is C23H18BrNO6. The monoisotopic (exact) mass is 483 g/mol. The highest BCUT2D eigenvalue weighted by Gasteiger charge is 2.43. The number of ketones is 1. The molecule has 0 saturated heterocycles. The largest absolute Gasteiger partial charge is 0.482 e. The van der Waals surface area contributed by atoms with Crippen molar-refractivity contribution in [2.24, 2.45) is 0 Å². The Labute approximate surface area is 186 Å². The van der Waals surface area contributed by atoms with E-state index < -0.39 is 24.5 Å². The van der Waals surface area contributed by atoms with E-state index in [-0.39, 0.29) is 17.1 Å². The highest BCUT2D eigenvalue weighted by Crippen LogP contribution is 2.49. The van der Waals surface area contributed by atoms with E-state index in [9.17, 15) is 14.4 Å². The van der Waals surface area contributed by atoms with Crippen LogP contribution in [0.2, 0.25) is 0 Å². The molecule has 0 saturated carbocycles. The summed E-state index contributed by atoms with van der Waals surface area (Å²) in [7, 11) is 1.28. The zero-order valence-corrected chi connectivity index (χ0v) is 18.3. The summed E-state index contributed by atoms with van der Waals surface area (Å²) in [5, 5.41) is 12.3. The van der Waals surface area contributed by atoms with Gasteiger partial charge in [-0.3, -0.25) is 4.79 Å². The number of nitrogens with one attached hydrogen (secondary N) is 1. The lowest BCUT2D eigenvalue weighted by Crippen LogP contribution is -2.29. The molecule has 0 spiro atoms. The van der Waals surface area contributed by atoms with Gasteiger partial charge in [0, 0.05) is 32.4 Å². The Kier molecular flexibility index (Phi) is 5.41. The molecule has 0 amide bonds. The fourth-order valence-corrected chi connectivity index (χ4v) is 4.42. The average molecular weight is 484 g/mol. The van der Waals surface area contributed by atoms with Crippen LogP contribution in [-0.4, -0.2) is 36.5 Å². The van der Waals surface area contributed by atoms with Crippen molar-refractivity contribution in [1.82, 2.24) is 5.32 Å². The Morgan fingerprint density at radius 1 is 1.16 bits per heavy atom. The SMILES string of the molecule is COC(=O)C1=C(C)NC2=C(C(=O)c3ccccc32)C1c1cc(Br)ccc1OCC(=O)O. The Balaban J connectivity index is 1.96. The third-order valence-electron chi connectivity index (χ3n) is 5.29. The number of carboxylic acid groups (broad SMARTS) is 1.